The molecule has 6 nitrogen and oxygen atoms in total. The van der Waals surface area contributed by atoms with Crippen LogP contribution >= 0.6 is 23.4 Å². The van der Waals surface area contributed by atoms with E-state index in [1.54, 1.807) is 42.2 Å². The molecule has 0 spiro atoms. The summed E-state index contributed by atoms with van der Waals surface area (Å²) in [6.45, 7) is 1.68. The number of nitrogens with one attached hydrogen (secondary N) is 1. The number of carbonyl (C=O) groups is 2. The Kier molecular flexibility index (Phi) is 9.41. The van der Waals surface area contributed by atoms with Crippen molar-refractivity contribution in [3.05, 3.63) is 94.5 Å². The highest BCUT2D eigenvalue weighted by atomic mass is 35.5. The Bertz CT molecular complexity index is 1180. The fraction of sp³-hybridized carbons (Fsp3) is 0.250. The summed E-state index contributed by atoms with van der Waals surface area (Å²) in [5.41, 5.74) is 5.01. The topological polar surface area (TPSA) is 71.0 Å². The predicted molar refractivity (Wildman–Crippen MR) is 145 cm³/mol. The van der Waals surface area contributed by atoms with Crippen LogP contribution in [0, 0.1) is 0 Å². The second-order valence-corrected chi connectivity index (χ2v) is 9.92. The zero-order chi connectivity index (χ0) is 25.2. The highest BCUT2D eigenvalue weighted by Gasteiger charge is 2.16. The molecule has 0 radical (unpaired) electrons. The van der Waals surface area contributed by atoms with Crippen molar-refractivity contribution in [2.24, 2.45) is 5.10 Å². The lowest BCUT2D eigenvalue weighted by Gasteiger charge is -2.26. The average Bonchev–Trinajstić information content (AvgIpc) is 2.93. The molecule has 1 fully saturated rings. The summed E-state index contributed by atoms with van der Waals surface area (Å²) in [5.74, 6) is 1.17. The van der Waals surface area contributed by atoms with Crippen molar-refractivity contribution in [2.45, 2.75) is 29.9 Å². The third-order valence-corrected chi connectivity index (χ3v) is 7.10. The highest BCUT2D eigenvalue weighted by molar-refractivity contribution is 7.98. The molecule has 0 unspecified atom stereocenters. The third kappa shape index (κ3) is 7.86. The number of benzene rings is 3. The Morgan fingerprint density at radius 1 is 0.944 bits per heavy atom. The lowest BCUT2D eigenvalue weighted by atomic mass is 10.1. The number of rotatable bonds is 9. The number of likely N-dealkylation sites (tertiary alicyclic amines) is 1. The quantitative estimate of drug-likeness (QED) is 0.220. The third-order valence-electron chi connectivity index (χ3n) is 5.77. The molecule has 4 rings (SSSR count). The number of ether oxygens (including phenoxy) is 1. The van der Waals surface area contributed by atoms with Crippen LogP contribution in [0.4, 0.5) is 0 Å². The van der Waals surface area contributed by atoms with Crippen molar-refractivity contribution < 1.29 is 14.3 Å². The Morgan fingerprint density at radius 2 is 1.64 bits per heavy atom. The number of hydrazone groups is 1. The van der Waals surface area contributed by atoms with E-state index in [1.165, 1.54) is 6.42 Å². The first-order chi connectivity index (χ1) is 17.6. The summed E-state index contributed by atoms with van der Waals surface area (Å²) in [7, 11) is 0. The smallest absolute Gasteiger partial charge is 0.271 e. The van der Waals surface area contributed by atoms with E-state index in [-0.39, 0.29) is 18.4 Å². The van der Waals surface area contributed by atoms with Crippen LogP contribution in [-0.4, -0.2) is 42.6 Å². The summed E-state index contributed by atoms with van der Waals surface area (Å²) in [6.07, 6.45) is 4.88. The second kappa shape index (κ2) is 13.1. The molecule has 1 aliphatic rings. The van der Waals surface area contributed by atoms with Crippen molar-refractivity contribution in [3.8, 4) is 5.75 Å². The first-order valence-electron chi connectivity index (χ1n) is 11.9. The summed E-state index contributed by atoms with van der Waals surface area (Å²) >= 11 is 7.63. The average molecular weight is 522 g/mol. The van der Waals surface area contributed by atoms with Gasteiger partial charge in [0, 0.05) is 34.3 Å². The molecule has 3 aromatic rings. The minimum absolute atomic E-state index is 0.0244. The summed E-state index contributed by atoms with van der Waals surface area (Å²) in [4.78, 5) is 27.6. The monoisotopic (exact) mass is 521 g/mol. The maximum Gasteiger partial charge on any atom is 0.271 e. The normalized spacial score (nSPS) is 13.5. The van der Waals surface area contributed by atoms with Gasteiger partial charge in [-0.1, -0.05) is 23.7 Å². The molecular weight excluding hydrogens is 494 g/mol. The van der Waals surface area contributed by atoms with Gasteiger partial charge < -0.3 is 9.64 Å². The van der Waals surface area contributed by atoms with Crippen LogP contribution in [0.2, 0.25) is 5.02 Å². The van der Waals surface area contributed by atoms with Crippen molar-refractivity contribution >= 4 is 41.4 Å². The van der Waals surface area contributed by atoms with E-state index >= 15 is 0 Å². The van der Waals surface area contributed by atoms with Crippen LogP contribution in [0.1, 0.15) is 40.7 Å². The molecule has 0 saturated carbocycles. The predicted octanol–water partition coefficient (Wildman–Crippen LogP) is 5.79. The molecule has 0 aromatic heterocycles. The summed E-state index contributed by atoms with van der Waals surface area (Å²) < 4.78 is 5.62. The van der Waals surface area contributed by atoms with Crippen LogP contribution in [0.3, 0.4) is 0 Å². The molecular formula is C28H28ClN3O3S. The van der Waals surface area contributed by atoms with Crippen LogP contribution in [-0.2, 0) is 10.5 Å². The molecule has 2 amide bonds. The van der Waals surface area contributed by atoms with Crippen LogP contribution in [0.5, 0.6) is 5.75 Å². The largest absolute Gasteiger partial charge is 0.484 e. The second-order valence-electron chi connectivity index (χ2n) is 8.44. The Morgan fingerprint density at radius 3 is 2.33 bits per heavy atom. The fourth-order valence-electron chi connectivity index (χ4n) is 3.71. The maximum atomic E-state index is 12.4. The van der Waals surface area contributed by atoms with Gasteiger partial charge in [0.15, 0.2) is 6.61 Å². The van der Waals surface area contributed by atoms with E-state index in [2.05, 4.69) is 10.5 Å². The van der Waals surface area contributed by atoms with E-state index in [9.17, 15) is 9.59 Å². The molecule has 36 heavy (non-hydrogen) atoms. The number of nitrogens with zero attached hydrogens (tertiary/aromatic N) is 2. The number of halogens is 1. The van der Waals surface area contributed by atoms with E-state index in [1.807, 2.05) is 53.4 Å². The number of amides is 2. The molecule has 8 heteroatoms. The number of hydrogen-bond acceptors (Lipinski definition) is 5. The minimum Gasteiger partial charge on any atom is -0.484 e. The Hall–Kier alpha value is -3.29. The number of hydrogen-bond donors (Lipinski definition) is 1. The number of thioether (sulfide) groups is 1. The van der Waals surface area contributed by atoms with E-state index in [0.29, 0.717) is 11.3 Å². The molecule has 1 aliphatic heterocycles. The summed E-state index contributed by atoms with van der Waals surface area (Å²) in [6, 6.07) is 22.4. The number of carbonyl (C=O) groups excluding carboxylic acids is 2. The molecule has 1 heterocycles. The van der Waals surface area contributed by atoms with Gasteiger partial charge in [0.1, 0.15) is 5.75 Å². The molecule has 0 aliphatic carbocycles. The molecule has 1 saturated heterocycles. The van der Waals surface area contributed by atoms with Gasteiger partial charge in [-0.25, -0.2) is 5.43 Å². The van der Waals surface area contributed by atoms with E-state index in [0.717, 1.165) is 52.7 Å². The van der Waals surface area contributed by atoms with Gasteiger partial charge >= 0.3 is 0 Å². The lowest BCUT2D eigenvalue weighted by Crippen LogP contribution is -2.38. The first kappa shape index (κ1) is 25.8. The van der Waals surface area contributed by atoms with Crippen molar-refractivity contribution in [3.63, 3.8) is 0 Å². The van der Waals surface area contributed by atoms with E-state index < -0.39 is 0 Å². The van der Waals surface area contributed by atoms with Gasteiger partial charge in [-0.3, -0.25) is 9.59 Å². The van der Waals surface area contributed by atoms with Gasteiger partial charge in [0.2, 0.25) is 0 Å². The Balaban J connectivity index is 1.20. The zero-order valence-corrected chi connectivity index (χ0v) is 21.4. The molecule has 186 valence electrons. The van der Waals surface area contributed by atoms with Gasteiger partial charge in [0.25, 0.3) is 11.8 Å². The van der Waals surface area contributed by atoms with Gasteiger partial charge in [-0.2, -0.15) is 5.10 Å². The standard InChI is InChI=1S/C28H28ClN3O3S/c29-24-10-14-26(15-11-24)36-20-22-4-8-23(9-5-22)28(34)31-30-18-21-6-12-25(13-7-21)35-19-27(33)32-16-2-1-3-17-32/h4-15,18H,1-3,16-17,19-20H2,(H,31,34)/b30-18+. The van der Waals surface area contributed by atoms with Crippen LogP contribution in [0.15, 0.2) is 82.8 Å². The van der Waals surface area contributed by atoms with Gasteiger partial charge in [-0.05, 0) is 91.1 Å². The van der Waals surface area contributed by atoms with Crippen molar-refractivity contribution in [1.29, 1.82) is 0 Å². The Labute approximate surface area is 220 Å². The highest BCUT2D eigenvalue weighted by Crippen LogP contribution is 2.24. The van der Waals surface area contributed by atoms with Gasteiger partial charge in [-0.15, -0.1) is 11.8 Å². The van der Waals surface area contributed by atoms with Crippen molar-refractivity contribution in [1.82, 2.24) is 10.3 Å². The minimum atomic E-state index is -0.278. The first-order valence-corrected chi connectivity index (χ1v) is 13.2. The lowest BCUT2D eigenvalue weighted by molar-refractivity contribution is -0.134. The van der Waals surface area contributed by atoms with Crippen LogP contribution < -0.4 is 10.2 Å². The van der Waals surface area contributed by atoms with Gasteiger partial charge in [0.05, 0.1) is 6.21 Å². The molecule has 0 atom stereocenters. The molecule has 1 N–H and O–H groups in total. The van der Waals surface area contributed by atoms with E-state index in [4.69, 9.17) is 16.3 Å². The zero-order valence-electron chi connectivity index (χ0n) is 19.9. The maximum absolute atomic E-state index is 12.4. The SMILES string of the molecule is O=C(N/N=C/c1ccc(OCC(=O)N2CCCCC2)cc1)c1ccc(CSc2ccc(Cl)cc2)cc1. The van der Waals surface area contributed by atoms with Crippen molar-refractivity contribution in [2.75, 3.05) is 19.7 Å². The number of piperidine rings is 1. The molecule has 3 aromatic carbocycles. The fourth-order valence-corrected chi connectivity index (χ4v) is 4.69. The summed E-state index contributed by atoms with van der Waals surface area (Å²) in [5, 5.41) is 4.77. The molecule has 0 bridgehead atoms. The van der Waals surface area contributed by atoms with Crippen LogP contribution in [0.25, 0.3) is 0 Å².